The highest BCUT2D eigenvalue weighted by Gasteiger charge is 2.35. The van der Waals surface area contributed by atoms with Crippen LogP contribution in [-0.2, 0) is 9.59 Å². The van der Waals surface area contributed by atoms with E-state index >= 15 is 0 Å². The molecule has 0 spiro atoms. The number of benzene rings is 2. The smallest absolute Gasteiger partial charge is 0.269 e. The lowest BCUT2D eigenvalue weighted by molar-refractivity contribution is -0.384. The lowest BCUT2D eigenvalue weighted by Gasteiger charge is -2.34. The van der Waals surface area contributed by atoms with Gasteiger partial charge in [-0.3, -0.25) is 24.6 Å². The number of ether oxygens (including phenoxy) is 1. The number of hydrogen-bond acceptors (Lipinski definition) is 7. The van der Waals surface area contributed by atoms with Gasteiger partial charge >= 0.3 is 0 Å². The van der Waals surface area contributed by atoms with Gasteiger partial charge in [0.05, 0.1) is 21.3 Å². The van der Waals surface area contributed by atoms with Crippen molar-refractivity contribution in [3.05, 3.63) is 62.5 Å². The maximum absolute atomic E-state index is 13.1. The van der Waals surface area contributed by atoms with Gasteiger partial charge in [-0.2, -0.15) is 0 Å². The number of nitrogens with zero attached hydrogens (tertiary/aromatic N) is 3. The molecule has 1 aliphatic rings. The summed E-state index contributed by atoms with van der Waals surface area (Å²) in [5.74, 6) is -0.198. The number of amides is 2. The zero-order chi connectivity index (χ0) is 23.7. The molecular weight excluding hydrogens is 444 g/mol. The standard InChI is InChI=1S/C23H22N4O5S/c1-4-19-23(29)26(12-21(28)25-16-6-8-17(9-7-16)27(30)31)18-11-15(5-10-20(18)32-19)22-13(2)33-14(3)24-22/h5-11,19H,4,12H2,1-3H3,(H,25,28). The van der Waals surface area contributed by atoms with Gasteiger partial charge in [-0.1, -0.05) is 6.92 Å². The Labute approximate surface area is 194 Å². The zero-order valence-electron chi connectivity index (χ0n) is 18.3. The van der Waals surface area contributed by atoms with Crippen LogP contribution in [-0.4, -0.2) is 34.4 Å². The third-order valence-electron chi connectivity index (χ3n) is 5.27. The molecule has 1 atom stereocenters. The third-order valence-corrected chi connectivity index (χ3v) is 6.16. The number of thiazole rings is 1. The summed E-state index contributed by atoms with van der Waals surface area (Å²) in [4.78, 5) is 43.2. The Kier molecular flexibility index (Phi) is 6.10. The molecule has 10 heteroatoms. The number of aryl methyl sites for hydroxylation is 2. The Bertz CT molecular complexity index is 1240. The molecule has 1 unspecified atom stereocenters. The summed E-state index contributed by atoms with van der Waals surface area (Å²) < 4.78 is 5.88. The van der Waals surface area contributed by atoms with E-state index in [2.05, 4.69) is 10.3 Å². The van der Waals surface area contributed by atoms with Gasteiger partial charge in [-0.25, -0.2) is 4.98 Å². The first-order valence-corrected chi connectivity index (χ1v) is 11.2. The molecule has 3 aromatic rings. The molecule has 1 aliphatic heterocycles. The molecule has 0 radical (unpaired) electrons. The summed E-state index contributed by atoms with van der Waals surface area (Å²) in [6.07, 6.45) is -0.219. The fourth-order valence-corrected chi connectivity index (χ4v) is 4.54. The summed E-state index contributed by atoms with van der Waals surface area (Å²) in [5.41, 5.74) is 2.51. The number of rotatable bonds is 6. The Hall–Kier alpha value is -3.79. The number of aromatic nitrogens is 1. The topological polar surface area (TPSA) is 115 Å². The van der Waals surface area contributed by atoms with Crippen LogP contribution in [0, 0.1) is 24.0 Å². The quantitative estimate of drug-likeness (QED) is 0.423. The molecule has 9 nitrogen and oxygen atoms in total. The van der Waals surface area contributed by atoms with Crippen molar-refractivity contribution in [3.63, 3.8) is 0 Å². The molecule has 0 saturated carbocycles. The van der Waals surface area contributed by atoms with Crippen LogP contribution in [0.15, 0.2) is 42.5 Å². The second-order valence-corrected chi connectivity index (χ2v) is 9.02. The van der Waals surface area contributed by atoms with Crippen molar-refractivity contribution < 1.29 is 19.2 Å². The highest BCUT2D eigenvalue weighted by Crippen LogP contribution is 2.39. The van der Waals surface area contributed by atoms with Crippen LogP contribution in [0.25, 0.3) is 11.3 Å². The number of non-ortho nitro benzene ring substituents is 1. The van der Waals surface area contributed by atoms with Crippen molar-refractivity contribution in [2.45, 2.75) is 33.3 Å². The molecule has 2 heterocycles. The molecule has 2 amide bonds. The molecule has 0 saturated heterocycles. The fraction of sp³-hybridized carbons (Fsp3) is 0.261. The average Bonchev–Trinajstić information content (AvgIpc) is 3.13. The van der Waals surface area contributed by atoms with E-state index in [4.69, 9.17) is 4.74 Å². The number of hydrogen-bond donors (Lipinski definition) is 1. The molecule has 4 rings (SSSR count). The van der Waals surface area contributed by atoms with Gasteiger partial charge in [0.1, 0.15) is 12.3 Å². The van der Waals surface area contributed by atoms with Crippen LogP contribution in [0.5, 0.6) is 5.75 Å². The molecule has 2 aromatic carbocycles. The fourth-order valence-electron chi connectivity index (χ4n) is 3.70. The van der Waals surface area contributed by atoms with Crippen molar-refractivity contribution in [2.24, 2.45) is 0 Å². The van der Waals surface area contributed by atoms with Crippen molar-refractivity contribution in [1.29, 1.82) is 0 Å². The van der Waals surface area contributed by atoms with Gasteiger partial charge in [-0.15, -0.1) is 11.3 Å². The Morgan fingerprint density at radius 2 is 1.97 bits per heavy atom. The van der Waals surface area contributed by atoms with E-state index in [1.54, 1.807) is 17.4 Å². The lowest BCUT2D eigenvalue weighted by Crippen LogP contribution is -2.48. The predicted octanol–water partition coefficient (Wildman–Crippen LogP) is 4.48. The number of fused-ring (bicyclic) bond motifs is 1. The van der Waals surface area contributed by atoms with Crippen LogP contribution < -0.4 is 15.0 Å². The van der Waals surface area contributed by atoms with Gasteiger partial charge in [0, 0.05) is 28.3 Å². The first-order valence-electron chi connectivity index (χ1n) is 10.4. The number of nitrogens with one attached hydrogen (secondary N) is 1. The summed E-state index contributed by atoms with van der Waals surface area (Å²) >= 11 is 1.59. The van der Waals surface area contributed by atoms with Crippen LogP contribution in [0.2, 0.25) is 0 Å². The van der Waals surface area contributed by atoms with Crippen molar-refractivity contribution in [3.8, 4) is 17.0 Å². The highest BCUT2D eigenvalue weighted by atomic mass is 32.1. The van der Waals surface area contributed by atoms with E-state index < -0.39 is 16.9 Å². The summed E-state index contributed by atoms with van der Waals surface area (Å²) in [7, 11) is 0. The normalized spacial score (nSPS) is 15.1. The second kappa shape index (κ2) is 8.99. The van der Waals surface area contributed by atoms with E-state index in [1.165, 1.54) is 29.2 Å². The van der Waals surface area contributed by atoms with Crippen LogP contribution >= 0.6 is 11.3 Å². The van der Waals surface area contributed by atoms with Crippen LogP contribution in [0.3, 0.4) is 0 Å². The molecule has 1 aromatic heterocycles. The molecule has 1 N–H and O–H groups in total. The van der Waals surface area contributed by atoms with Gasteiger partial charge in [0.25, 0.3) is 11.6 Å². The largest absolute Gasteiger partial charge is 0.478 e. The monoisotopic (exact) mass is 466 g/mol. The number of nitro benzene ring substituents is 1. The van der Waals surface area contributed by atoms with Gasteiger partial charge in [0.2, 0.25) is 5.91 Å². The Morgan fingerprint density at radius 1 is 1.24 bits per heavy atom. The van der Waals surface area contributed by atoms with Crippen LogP contribution in [0.4, 0.5) is 17.1 Å². The maximum atomic E-state index is 13.1. The summed E-state index contributed by atoms with van der Waals surface area (Å²) in [6, 6.07) is 11.0. The first-order chi connectivity index (χ1) is 15.8. The van der Waals surface area contributed by atoms with E-state index in [0.29, 0.717) is 23.5 Å². The van der Waals surface area contributed by atoms with Crippen molar-refractivity contribution in [2.75, 3.05) is 16.8 Å². The molecule has 33 heavy (non-hydrogen) atoms. The second-order valence-electron chi connectivity index (χ2n) is 7.61. The lowest BCUT2D eigenvalue weighted by atomic mass is 10.1. The van der Waals surface area contributed by atoms with Gasteiger partial charge in [0.15, 0.2) is 6.10 Å². The van der Waals surface area contributed by atoms with E-state index in [1.807, 2.05) is 32.9 Å². The Morgan fingerprint density at radius 3 is 2.58 bits per heavy atom. The molecular formula is C23H22N4O5S. The minimum Gasteiger partial charge on any atom is -0.478 e. The minimum atomic E-state index is -0.682. The number of nitro groups is 1. The average molecular weight is 467 g/mol. The zero-order valence-corrected chi connectivity index (χ0v) is 19.1. The van der Waals surface area contributed by atoms with Crippen molar-refractivity contribution >= 4 is 40.2 Å². The summed E-state index contributed by atoms with van der Waals surface area (Å²) in [5, 5.41) is 14.5. The molecule has 0 fully saturated rings. The number of carbonyl (C=O) groups excluding carboxylic acids is 2. The third kappa shape index (κ3) is 4.56. The molecule has 0 aliphatic carbocycles. The number of carbonyl (C=O) groups is 2. The van der Waals surface area contributed by atoms with E-state index in [9.17, 15) is 19.7 Å². The van der Waals surface area contributed by atoms with E-state index in [-0.39, 0.29) is 18.1 Å². The predicted molar refractivity (Wildman–Crippen MR) is 126 cm³/mol. The first kappa shape index (κ1) is 22.4. The van der Waals surface area contributed by atoms with Crippen molar-refractivity contribution in [1.82, 2.24) is 4.98 Å². The van der Waals surface area contributed by atoms with E-state index in [0.717, 1.165) is 21.1 Å². The Balaban J connectivity index is 1.62. The molecule has 0 bridgehead atoms. The summed E-state index contributed by atoms with van der Waals surface area (Å²) in [6.45, 7) is 5.55. The number of anilines is 2. The molecule has 170 valence electrons. The highest BCUT2D eigenvalue weighted by molar-refractivity contribution is 7.11. The van der Waals surface area contributed by atoms with Crippen LogP contribution in [0.1, 0.15) is 23.2 Å². The SMILES string of the molecule is CCC1Oc2ccc(-c3nc(C)sc3C)cc2N(CC(=O)Nc2ccc([N+](=O)[O-])cc2)C1=O. The van der Waals surface area contributed by atoms with Gasteiger partial charge in [-0.05, 0) is 50.6 Å². The maximum Gasteiger partial charge on any atom is 0.269 e. The van der Waals surface area contributed by atoms with Gasteiger partial charge < -0.3 is 10.1 Å². The minimum absolute atomic E-state index is 0.0730.